The van der Waals surface area contributed by atoms with E-state index in [-0.39, 0.29) is 0 Å². The molecule has 0 aliphatic rings. The van der Waals surface area contributed by atoms with Crippen LogP contribution in [0.15, 0.2) is 30.3 Å². The average molecular weight is 221 g/mol. The number of carbonyl (C=O) groups is 1. The molecule has 3 nitrogen and oxygen atoms in total. The molecule has 0 amide bonds. The number of hydrogen-bond acceptors (Lipinski definition) is 2. The number of benzene rings is 1. The number of rotatable bonds is 6. The van der Waals surface area contributed by atoms with Crippen molar-refractivity contribution >= 4 is 5.97 Å². The summed E-state index contributed by atoms with van der Waals surface area (Å²) >= 11 is 0. The lowest BCUT2D eigenvalue weighted by Crippen LogP contribution is -2.36. The number of aliphatic carboxylic acids is 1. The van der Waals surface area contributed by atoms with Crippen LogP contribution < -0.4 is 5.32 Å². The van der Waals surface area contributed by atoms with Gasteiger partial charge in [-0.1, -0.05) is 37.3 Å². The molecule has 2 atom stereocenters. The number of hydrogen-bond donors (Lipinski definition) is 2. The van der Waals surface area contributed by atoms with E-state index in [1.165, 1.54) is 5.56 Å². The van der Waals surface area contributed by atoms with Crippen LogP contribution in [0.5, 0.6) is 0 Å². The van der Waals surface area contributed by atoms with Gasteiger partial charge in [-0.3, -0.25) is 4.79 Å². The summed E-state index contributed by atoms with van der Waals surface area (Å²) in [5.74, 6) is -0.425. The summed E-state index contributed by atoms with van der Waals surface area (Å²) in [6, 6.07) is 9.70. The zero-order chi connectivity index (χ0) is 12.0. The van der Waals surface area contributed by atoms with Crippen LogP contribution in [0, 0.1) is 0 Å². The lowest BCUT2D eigenvalue weighted by Gasteiger charge is -2.18. The molecule has 16 heavy (non-hydrogen) atoms. The van der Waals surface area contributed by atoms with Crippen molar-refractivity contribution in [3.05, 3.63) is 35.9 Å². The molecule has 1 aromatic carbocycles. The highest BCUT2D eigenvalue weighted by atomic mass is 16.4. The van der Waals surface area contributed by atoms with Gasteiger partial charge in [0.05, 0.1) is 0 Å². The molecule has 1 unspecified atom stereocenters. The molecule has 0 fully saturated rings. The first kappa shape index (κ1) is 12.7. The molecule has 0 spiro atoms. The van der Waals surface area contributed by atoms with Gasteiger partial charge < -0.3 is 10.4 Å². The molecule has 0 bridgehead atoms. The Bertz CT molecular complexity index is 324. The Morgan fingerprint density at radius 1 is 1.38 bits per heavy atom. The standard InChI is InChI=1S/C13H19NO2/c1-3-11(9-14-10(2)13(15)16)12-7-5-4-6-8-12/h4-8,10-11,14H,3,9H2,1-2H3,(H,15,16)/t10-,11?/m0/s1. The second-order valence-electron chi connectivity index (χ2n) is 3.98. The highest BCUT2D eigenvalue weighted by Gasteiger charge is 2.13. The van der Waals surface area contributed by atoms with Crippen LogP contribution in [-0.4, -0.2) is 23.7 Å². The highest BCUT2D eigenvalue weighted by Crippen LogP contribution is 2.17. The fraction of sp³-hybridized carbons (Fsp3) is 0.462. The second-order valence-corrected chi connectivity index (χ2v) is 3.98. The van der Waals surface area contributed by atoms with Gasteiger partial charge in [0.1, 0.15) is 6.04 Å². The highest BCUT2D eigenvalue weighted by molar-refractivity contribution is 5.72. The smallest absolute Gasteiger partial charge is 0.320 e. The van der Waals surface area contributed by atoms with Gasteiger partial charge in [0.2, 0.25) is 0 Å². The van der Waals surface area contributed by atoms with Gasteiger partial charge in [0.25, 0.3) is 0 Å². The van der Waals surface area contributed by atoms with E-state index in [1.54, 1.807) is 6.92 Å². The van der Waals surface area contributed by atoms with Crippen molar-refractivity contribution in [2.24, 2.45) is 0 Å². The van der Waals surface area contributed by atoms with Crippen molar-refractivity contribution in [1.82, 2.24) is 5.32 Å². The van der Waals surface area contributed by atoms with E-state index in [2.05, 4.69) is 24.4 Å². The Morgan fingerprint density at radius 3 is 2.50 bits per heavy atom. The number of carboxylic acid groups (broad SMARTS) is 1. The van der Waals surface area contributed by atoms with Crippen molar-refractivity contribution in [2.75, 3.05) is 6.54 Å². The molecule has 3 heteroatoms. The molecule has 0 saturated carbocycles. The van der Waals surface area contributed by atoms with Gasteiger partial charge in [0.15, 0.2) is 0 Å². The normalized spacial score (nSPS) is 14.4. The Labute approximate surface area is 96.5 Å². The molecule has 0 saturated heterocycles. The van der Waals surface area contributed by atoms with E-state index in [0.717, 1.165) is 6.42 Å². The summed E-state index contributed by atoms with van der Waals surface area (Å²) in [5, 5.41) is 11.8. The lowest BCUT2D eigenvalue weighted by atomic mass is 9.96. The van der Waals surface area contributed by atoms with E-state index in [0.29, 0.717) is 12.5 Å². The van der Waals surface area contributed by atoms with Crippen LogP contribution in [0.3, 0.4) is 0 Å². The van der Waals surface area contributed by atoms with Crippen LogP contribution in [-0.2, 0) is 4.79 Å². The Balaban J connectivity index is 2.53. The largest absolute Gasteiger partial charge is 0.480 e. The van der Waals surface area contributed by atoms with E-state index in [1.807, 2.05) is 18.2 Å². The molecule has 88 valence electrons. The summed E-state index contributed by atoms with van der Waals surface area (Å²) in [6.45, 7) is 4.48. The monoisotopic (exact) mass is 221 g/mol. The third-order valence-electron chi connectivity index (χ3n) is 2.80. The maximum atomic E-state index is 10.7. The van der Waals surface area contributed by atoms with Crippen LogP contribution in [0.2, 0.25) is 0 Å². The summed E-state index contributed by atoms with van der Waals surface area (Å²) in [5.41, 5.74) is 1.26. The molecule has 0 aromatic heterocycles. The lowest BCUT2D eigenvalue weighted by molar-refractivity contribution is -0.139. The second kappa shape index (κ2) is 6.28. The van der Waals surface area contributed by atoms with Crippen molar-refractivity contribution in [2.45, 2.75) is 32.2 Å². The molecule has 1 aromatic rings. The zero-order valence-corrected chi connectivity index (χ0v) is 9.81. The molecule has 2 N–H and O–H groups in total. The minimum absolute atomic E-state index is 0.378. The van der Waals surface area contributed by atoms with Gasteiger partial charge in [-0.2, -0.15) is 0 Å². The van der Waals surface area contributed by atoms with E-state index < -0.39 is 12.0 Å². The van der Waals surface area contributed by atoms with Gasteiger partial charge in [0, 0.05) is 6.54 Å². The first-order valence-electron chi connectivity index (χ1n) is 5.66. The van der Waals surface area contributed by atoms with Gasteiger partial charge in [-0.15, -0.1) is 0 Å². The molecular weight excluding hydrogens is 202 g/mol. The number of carboxylic acids is 1. The topological polar surface area (TPSA) is 49.3 Å². The summed E-state index contributed by atoms with van der Waals surface area (Å²) in [7, 11) is 0. The van der Waals surface area contributed by atoms with Crippen LogP contribution in [0.4, 0.5) is 0 Å². The van der Waals surface area contributed by atoms with E-state index in [9.17, 15) is 4.79 Å². The SMILES string of the molecule is CCC(CN[C@@H](C)C(=O)O)c1ccccc1. The molecule has 1 rings (SSSR count). The van der Waals surface area contributed by atoms with Crippen molar-refractivity contribution in [3.8, 4) is 0 Å². The minimum atomic E-state index is -0.803. The maximum absolute atomic E-state index is 10.7. The fourth-order valence-corrected chi connectivity index (χ4v) is 1.63. The molecule has 0 aliphatic heterocycles. The first-order valence-corrected chi connectivity index (χ1v) is 5.66. The summed E-state index contributed by atoms with van der Waals surface area (Å²) < 4.78 is 0. The van der Waals surface area contributed by atoms with Gasteiger partial charge >= 0.3 is 5.97 Å². The van der Waals surface area contributed by atoms with Crippen LogP contribution >= 0.6 is 0 Å². The van der Waals surface area contributed by atoms with Crippen LogP contribution in [0.25, 0.3) is 0 Å². The molecule has 0 radical (unpaired) electrons. The predicted molar refractivity (Wildman–Crippen MR) is 64.6 cm³/mol. The van der Waals surface area contributed by atoms with Crippen molar-refractivity contribution in [1.29, 1.82) is 0 Å². The maximum Gasteiger partial charge on any atom is 0.320 e. The molecule has 0 aliphatic carbocycles. The summed E-state index contributed by atoms with van der Waals surface area (Å²) in [4.78, 5) is 10.7. The van der Waals surface area contributed by atoms with Crippen molar-refractivity contribution < 1.29 is 9.90 Å². The number of nitrogens with one attached hydrogen (secondary N) is 1. The fourth-order valence-electron chi connectivity index (χ4n) is 1.63. The van der Waals surface area contributed by atoms with E-state index in [4.69, 9.17) is 5.11 Å². The molecular formula is C13H19NO2. The van der Waals surface area contributed by atoms with Gasteiger partial charge in [-0.25, -0.2) is 0 Å². The van der Waals surface area contributed by atoms with Gasteiger partial charge in [-0.05, 0) is 24.8 Å². The quantitative estimate of drug-likeness (QED) is 0.774. The zero-order valence-electron chi connectivity index (χ0n) is 9.81. The Morgan fingerprint density at radius 2 is 2.00 bits per heavy atom. The predicted octanol–water partition coefficient (Wildman–Crippen LogP) is 2.24. The minimum Gasteiger partial charge on any atom is -0.480 e. The van der Waals surface area contributed by atoms with Crippen LogP contribution in [0.1, 0.15) is 31.7 Å². The van der Waals surface area contributed by atoms with Crippen molar-refractivity contribution in [3.63, 3.8) is 0 Å². The Hall–Kier alpha value is -1.35. The first-order chi connectivity index (χ1) is 7.65. The third kappa shape index (κ3) is 3.66. The molecule has 0 heterocycles. The summed E-state index contributed by atoms with van der Waals surface area (Å²) in [6.07, 6.45) is 1.00. The third-order valence-corrected chi connectivity index (χ3v) is 2.80. The Kier molecular flexibility index (Phi) is 4.99. The van der Waals surface area contributed by atoms with E-state index >= 15 is 0 Å². The average Bonchev–Trinajstić information content (AvgIpc) is 2.30.